The third-order valence-corrected chi connectivity index (χ3v) is 3.33. The number of carbonyl (C=O) groups excluding carboxylic acids is 3. The normalized spacial score (nSPS) is 11.3. The molecular formula is C13H16N2O5S. The van der Waals surface area contributed by atoms with Crippen LogP contribution < -0.4 is 15.8 Å². The number of hydrogen-bond acceptors (Lipinski definition) is 6. The van der Waals surface area contributed by atoms with Gasteiger partial charge in [-0.05, 0) is 31.2 Å². The molecule has 0 unspecified atom stereocenters. The number of methoxy groups -OCH3 is 1. The van der Waals surface area contributed by atoms with Gasteiger partial charge in [-0.1, -0.05) is 0 Å². The van der Waals surface area contributed by atoms with Gasteiger partial charge in [-0.15, -0.1) is 11.8 Å². The summed E-state index contributed by atoms with van der Waals surface area (Å²) in [6, 6.07) is 6.17. The summed E-state index contributed by atoms with van der Waals surface area (Å²) < 4.78 is 9.90. The number of imide groups is 1. The molecule has 0 spiro atoms. The van der Waals surface area contributed by atoms with E-state index in [0.29, 0.717) is 0 Å². The fourth-order valence-electron chi connectivity index (χ4n) is 1.32. The average molecular weight is 312 g/mol. The number of amides is 3. The van der Waals surface area contributed by atoms with Crippen LogP contribution in [-0.2, 0) is 14.3 Å². The lowest BCUT2D eigenvalue weighted by Crippen LogP contribution is -2.42. The zero-order valence-corrected chi connectivity index (χ0v) is 12.4. The summed E-state index contributed by atoms with van der Waals surface area (Å²) in [5.41, 5.74) is 4.79. The maximum atomic E-state index is 11.6. The number of primary amides is 1. The van der Waals surface area contributed by atoms with Crippen LogP contribution in [0.5, 0.6) is 5.75 Å². The summed E-state index contributed by atoms with van der Waals surface area (Å²) in [4.78, 5) is 34.3. The molecule has 21 heavy (non-hydrogen) atoms. The Morgan fingerprint density at radius 3 is 2.43 bits per heavy atom. The predicted molar refractivity (Wildman–Crippen MR) is 77.0 cm³/mol. The van der Waals surface area contributed by atoms with E-state index < -0.39 is 24.0 Å². The maximum Gasteiger partial charge on any atom is 0.318 e. The van der Waals surface area contributed by atoms with Crippen LogP contribution in [0, 0.1) is 0 Å². The highest BCUT2D eigenvalue weighted by Crippen LogP contribution is 2.21. The van der Waals surface area contributed by atoms with E-state index in [1.807, 2.05) is 5.32 Å². The SMILES string of the molecule is COc1ccc(SCC(=O)O[C@H](C)C(=O)NC(N)=O)cc1. The molecule has 0 aliphatic rings. The van der Waals surface area contributed by atoms with E-state index in [1.54, 1.807) is 31.4 Å². The van der Waals surface area contributed by atoms with E-state index >= 15 is 0 Å². The van der Waals surface area contributed by atoms with E-state index in [0.717, 1.165) is 10.6 Å². The Kier molecular flexibility index (Phi) is 6.54. The van der Waals surface area contributed by atoms with E-state index in [-0.39, 0.29) is 5.75 Å². The second-order valence-electron chi connectivity index (χ2n) is 3.95. The smallest absolute Gasteiger partial charge is 0.318 e. The van der Waals surface area contributed by atoms with Crippen molar-refractivity contribution in [2.75, 3.05) is 12.9 Å². The fraction of sp³-hybridized carbons (Fsp3) is 0.308. The van der Waals surface area contributed by atoms with Crippen molar-refractivity contribution in [3.8, 4) is 5.75 Å². The van der Waals surface area contributed by atoms with Crippen molar-refractivity contribution >= 4 is 29.7 Å². The topological polar surface area (TPSA) is 108 Å². The van der Waals surface area contributed by atoms with Gasteiger partial charge in [0.25, 0.3) is 5.91 Å². The predicted octanol–water partition coefficient (Wildman–Crippen LogP) is 0.914. The van der Waals surface area contributed by atoms with Gasteiger partial charge in [0, 0.05) is 4.90 Å². The van der Waals surface area contributed by atoms with Crippen molar-refractivity contribution in [1.29, 1.82) is 0 Å². The molecule has 0 aliphatic carbocycles. The third kappa shape index (κ3) is 6.17. The molecule has 114 valence electrons. The summed E-state index contributed by atoms with van der Waals surface area (Å²) >= 11 is 1.26. The monoisotopic (exact) mass is 312 g/mol. The van der Waals surface area contributed by atoms with Crippen LogP contribution in [0.15, 0.2) is 29.2 Å². The number of hydrogen-bond donors (Lipinski definition) is 2. The summed E-state index contributed by atoms with van der Waals surface area (Å²) in [5, 5.41) is 1.84. The Balaban J connectivity index is 2.39. The molecule has 0 fully saturated rings. The molecule has 0 aliphatic heterocycles. The van der Waals surface area contributed by atoms with E-state index in [1.165, 1.54) is 18.7 Å². The Morgan fingerprint density at radius 1 is 1.29 bits per heavy atom. The Morgan fingerprint density at radius 2 is 1.90 bits per heavy atom. The van der Waals surface area contributed by atoms with Crippen molar-refractivity contribution < 1.29 is 23.9 Å². The number of thioether (sulfide) groups is 1. The summed E-state index contributed by atoms with van der Waals surface area (Å²) in [7, 11) is 1.57. The number of urea groups is 1. The molecule has 1 aromatic carbocycles. The number of nitrogens with two attached hydrogens (primary N) is 1. The average Bonchev–Trinajstić information content (AvgIpc) is 2.44. The van der Waals surface area contributed by atoms with Crippen LogP contribution in [0.1, 0.15) is 6.92 Å². The van der Waals surface area contributed by atoms with Crippen molar-refractivity contribution in [3.05, 3.63) is 24.3 Å². The van der Waals surface area contributed by atoms with Crippen LogP contribution in [0.25, 0.3) is 0 Å². The first kappa shape index (κ1) is 16.8. The lowest BCUT2D eigenvalue weighted by atomic mass is 10.3. The molecular weight excluding hydrogens is 296 g/mol. The van der Waals surface area contributed by atoms with Crippen molar-refractivity contribution in [2.24, 2.45) is 5.73 Å². The van der Waals surface area contributed by atoms with Crippen LogP contribution in [0.4, 0.5) is 4.79 Å². The zero-order valence-electron chi connectivity index (χ0n) is 11.6. The number of ether oxygens (including phenoxy) is 2. The Hall–Kier alpha value is -2.22. The van der Waals surface area contributed by atoms with E-state index in [2.05, 4.69) is 0 Å². The summed E-state index contributed by atoms with van der Waals surface area (Å²) in [6.45, 7) is 1.36. The summed E-state index contributed by atoms with van der Waals surface area (Å²) in [5.74, 6) is -0.563. The number of benzene rings is 1. The zero-order chi connectivity index (χ0) is 15.8. The van der Waals surface area contributed by atoms with Gasteiger partial charge >= 0.3 is 12.0 Å². The lowest BCUT2D eigenvalue weighted by molar-refractivity contribution is -0.151. The molecule has 7 nitrogen and oxygen atoms in total. The minimum absolute atomic E-state index is 0.0422. The van der Waals surface area contributed by atoms with Gasteiger partial charge in [-0.3, -0.25) is 14.9 Å². The van der Waals surface area contributed by atoms with Crippen LogP contribution in [0.2, 0.25) is 0 Å². The highest BCUT2D eigenvalue weighted by atomic mass is 32.2. The number of esters is 1. The maximum absolute atomic E-state index is 11.6. The number of carbonyl (C=O) groups is 3. The van der Waals surface area contributed by atoms with Crippen molar-refractivity contribution in [3.63, 3.8) is 0 Å². The molecule has 0 heterocycles. The van der Waals surface area contributed by atoms with E-state index in [4.69, 9.17) is 15.2 Å². The third-order valence-electron chi connectivity index (χ3n) is 2.34. The largest absolute Gasteiger partial charge is 0.497 e. The Labute approximate surface area is 126 Å². The van der Waals surface area contributed by atoms with E-state index in [9.17, 15) is 14.4 Å². The molecule has 0 aromatic heterocycles. The van der Waals surface area contributed by atoms with Crippen molar-refractivity contribution in [2.45, 2.75) is 17.9 Å². The number of nitrogens with one attached hydrogen (secondary N) is 1. The molecule has 8 heteroatoms. The second kappa shape index (κ2) is 8.15. The fourth-order valence-corrected chi connectivity index (χ4v) is 2.00. The standard InChI is InChI=1S/C13H16N2O5S/c1-8(12(17)15-13(14)18)20-11(16)7-21-10-5-3-9(19-2)4-6-10/h3-6,8H,7H2,1-2H3,(H3,14,15,17,18)/t8-/m1/s1. The first-order valence-electron chi connectivity index (χ1n) is 5.99. The molecule has 0 saturated heterocycles. The van der Waals surface area contributed by atoms with Gasteiger partial charge in [0.05, 0.1) is 12.9 Å². The molecule has 3 N–H and O–H groups in total. The molecule has 0 saturated carbocycles. The van der Waals surface area contributed by atoms with Gasteiger partial charge in [0.15, 0.2) is 6.10 Å². The second-order valence-corrected chi connectivity index (χ2v) is 5.00. The highest BCUT2D eigenvalue weighted by molar-refractivity contribution is 8.00. The quantitative estimate of drug-likeness (QED) is 0.597. The number of rotatable bonds is 6. The summed E-state index contributed by atoms with van der Waals surface area (Å²) in [6.07, 6.45) is -1.08. The Bertz CT molecular complexity index is 518. The first-order valence-corrected chi connectivity index (χ1v) is 6.97. The van der Waals surface area contributed by atoms with Gasteiger partial charge in [-0.2, -0.15) is 0 Å². The van der Waals surface area contributed by atoms with Crippen molar-refractivity contribution in [1.82, 2.24) is 5.32 Å². The minimum Gasteiger partial charge on any atom is -0.497 e. The van der Waals surface area contributed by atoms with Gasteiger partial charge in [0.2, 0.25) is 0 Å². The molecule has 0 bridgehead atoms. The van der Waals surface area contributed by atoms with Gasteiger partial charge in [0.1, 0.15) is 5.75 Å². The molecule has 1 atom stereocenters. The van der Waals surface area contributed by atoms with Crippen LogP contribution in [-0.4, -0.2) is 36.9 Å². The molecule has 3 amide bonds. The molecule has 1 rings (SSSR count). The lowest BCUT2D eigenvalue weighted by Gasteiger charge is -2.11. The van der Waals surface area contributed by atoms with Gasteiger partial charge < -0.3 is 15.2 Å². The molecule has 0 radical (unpaired) electrons. The van der Waals surface area contributed by atoms with Crippen LogP contribution >= 0.6 is 11.8 Å². The molecule has 1 aromatic rings. The highest BCUT2D eigenvalue weighted by Gasteiger charge is 2.18. The minimum atomic E-state index is -1.08. The first-order chi connectivity index (χ1) is 9.92. The van der Waals surface area contributed by atoms with Gasteiger partial charge in [-0.25, -0.2) is 4.79 Å². The van der Waals surface area contributed by atoms with Crippen LogP contribution in [0.3, 0.4) is 0 Å².